The van der Waals surface area contributed by atoms with Crippen LogP contribution in [0.25, 0.3) is 0 Å². The van der Waals surface area contributed by atoms with E-state index >= 15 is 0 Å². The zero-order chi connectivity index (χ0) is 14.6. The van der Waals surface area contributed by atoms with Gasteiger partial charge in [0.1, 0.15) is 11.0 Å². The zero-order valence-corrected chi connectivity index (χ0v) is 11.5. The predicted molar refractivity (Wildman–Crippen MR) is 66.2 cm³/mol. The maximum absolute atomic E-state index is 12.6. The van der Waals surface area contributed by atoms with Gasteiger partial charge in [0.25, 0.3) is 0 Å². The maximum Gasteiger partial charge on any atom is 0.451 e. The number of nitrogens with zero attached hydrogens (tertiary/aromatic N) is 2. The Morgan fingerprint density at radius 3 is 2.47 bits per heavy atom. The number of aromatic nitrogens is 2. The van der Waals surface area contributed by atoms with Gasteiger partial charge in [0.05, 0.1) is 12.6 Å². The van der Waals surface area contributed by atoms with Crippen molar-refractivity contribution in [3.63, 3.8) is 0 Å². The van der Waals surface area contributed by atoms with E-state index in [9.17, 15) is 13.2 Å². The van der Waals surface area contributed by atoms with Crippen LogP contribution >= 0.6 is 11.6 Å². The normalized spacial score (nSPS) is 13.7. The van der Waals surface area contributed by atoms with Crippen molar-refractivity contribution in [3.05, 3.63) is 17.0 Å². The third-order valence-electron chi connectivity index (χ3n) is 2.43. The highest BCUT2D eigenvalue weighted by Gasteiger charge is 2.35. The van der Waals surface area contributed by atoms with Crippen LogP contribution in [0.1, 0.15) is 19.7 Å². The molecule has 1 aromatic heterocycles. The number of rotatable bonds is 5. The van der Waals surface area contributed by atoms with Crippen molar-refractivity contribution in [2.24, 2.45) is 5.92 Å². The molecule has 0 saturated heterocycles. The van der Waals surface area contributed by atoms with Crippen LogP contribution in [0, 0.1) is 5.92 Å². The molecule has 1 aromatic rings. The summed E-state index contributed by atoms with van der Waals surface area (Å²) in [5.41, 5.74) is 0. The first-order valence-electron chi connectivity index (χ1n) is 5.61. The van der Waals surface area contributed by atoms with Gasteiger partial charge in [-0.3, -0.25) is 0 Å². The van der Waals surface area contributed by atoms with Gasteiger partial charge < -0.3 is 10.1 Å². The van der Waals surface area contributed by atoms with Gasteiger partial charge in [-0.25, -0.2) is 9.97 Å². The number of halogens is 4. The molecule has 4 nitrogen and oxygen atoms in total. The lowest BCUT2D eigenvalue weighted by Gasteiger charge is -2.22. The quantitative estimate of drug-likeness (QED) is 0.848. The summed E-state index contributed by atoms with van der Waals surface area (Å²) in [6.45, 7) is 4.19. The van der Waals surface area contributed by atoms with Gasteiger partial charge in [0, 0.05) is 13.2 Å². The molecule has 1 heterocycles. The van der Waals surface area contributed by atoms with E-state index in [0.29, 0.717) is 6.61 Å². The molecule has 0 aliphatic carbocycles. The minimum Gasteiger partial charge on any atom is -0.383 e. The van der Waals surface area contributed by atoms with Crippen LogP contribution < -0.4 is 5.32 Å². The largest absolute Gasteiger partial charge is 0.451 e. The Morgan fingerprint density at radius 2 is 2.00 bits per heavy atom. The summed E-state index contributed by atoms with van der Waals surface area (Å²) >= 11 is 5.57. The molecule has 1 atom stereocenters. The minimum absolute atomic E-state index is 0.0306. The van der Waals surface area contributed by atoms with Crippen molar-refractivity contribution in [1.82, 2.24) is 9.97 Å². The smallest absolute Gasteiger partial charge is 0.383 e. The van der Waals surface area contributed by atoms with Gasteiger partial charge in [-0.05, 0) is 5.92 Å². The predicted octanol–water partition coefficient (Wildman–Crippen LogP) is 3.23. The fourth-order valence-electron chi connectivity index (χ4n) is 1.39. The Balaban J connectivity index is 2.97. The molecule has 0 aliphatic rings. The zero-order valence-electron chi connectivity index (χ0n) is 10.8. The summed E-state index contributed by atoms with van der Waals surface area (Å²) in [6, 6.07) is 1.08. The molecule has 0 radical (unpaired) electrons. The molecule has 1 unspecified atom stereocenters. The van der Waals surface area contributed by atoms with E-state index in [0.717, 1.165) is 0 Å². The van der Waals surface area contributed by atoms with Gasteiger partial charge >= 0.3 is 6.18 Å². The number of hydrogen-bond acceptors (Lipinski definition) is 4. The van der Waals surface area contributed by atoms with Crippen molar-refractivity contribution in [3.8, 4) is 0 Å². The first-order chi connectivity index (χ1) is 8.74. The van der Waals surface area contributed by atoms with Gasteiger partial charge in [-0.1, -0.05) is 25.4 Å². The number of hydrogen-bond donors (Lipinski definition) is 1. The van der Waals surface area contributed by atoms with E-state index in [1.807, 2.05) is 13.8 Å². The van der Waals surface area contributed by atoms with Crippen molar-refractivity contribution in [2.75, 3.05) is 19.0 Å². The highest BCUT2D eigenvalue weighted by molar-refractivity contribution is 6.29. The molecule has 0 saturated carbocycles. The first-order valence-corrected chi connectivity index (χ1v) is 5.99. The second-order valence-corrected chi connectivity index (χ2v) is 4.73. The molecule has 19 heavy (non-hydrogen) atoms. The van der Waals surface area contributed by atoms with E-state index in [4.69, 9.17) is 16.3 Å². The first kappa shape index (κ1) is 16.0. The molecule has 0 spiro atoms. The fourth-order valence-corrected chi connectivity index (χ4v) is 1.57. The lowest BCUT2D eigenvalue weighted by atomic mass is 10.1. The second kappa shape index (κ2) is 6.38. The molecular formula is C11H15ClF3N3O. The molecule has 1 rings (SSSR count). The van der Waals surface area contributed by atoms with E-state index in [2.05, 4.69) is 15.3 Å². The van der Waals surface area contributed by atoms with Crippen LogP contribution in [0.15, 0.2) is 6.07 Å². The number of anilines is 1. The van der Waals surface area contributed by atoms with Crippen molar-refractivity contribution >= 4 is 17.4 Å². The van der Waals surface area contributed by atoms with E-state index in [1.54, 1.807) is 0 Å². The van der Waals surface area contributed by atoms with Crippen molar-refractivity contribution < 1.29 is 17.9 Å². The average molecular weight is 298 g/mol. The summed E-state index contributed by atoms with van der Waals surface area (Å²) in [4.78, 5) is 6.58. The number of ether oxygens (including phenoxy) is 1. The molecule has 0 aromatic carbocycles. The molecule has 0 amide bonds. The Kier molecular flexibility index (Phi) is 5.37. The summed E-state index contributed by atoms with van der Waals surface area (Å²) in [6.07, 6.45) is -4.63. The average Bonchev–Trinajstić information content (AvgIpc) is 2.26. The van der Waals surface area contributed by atoms with Crippen LogP contribution in [-0.4, -0.2) is 29.7 Å². The third-order valence-corrected chi connectivity index (χ3v) is 2.63. The summed E-state index contributed by atoms with van der Waals surface area (Å²) in [5.74, 6) is -1.08. The number of alkyl halides is 3. The van der Waals surface area contributed by atoms with Crippen molar-refractivity contribution in [1.29, 1.82) is 0 Å². The molecule has 0 bridgehead atoms. The minimum atomic E-state index is -4.63. The highest BCUT2D eigenvalue weighted by Crippen LogP contribution is 2.28. The molecule has 8 heteroatoms. The van der Waals surface area contributed by atoms with Crippen molar-refractivity contribution in [2.45, 2.75) is 26.1 Å². The Morgan fingerprint density at radius 1 is 1.37 bits per heavy atom. The number of methoxy groups -OCH3 is 1. The van der Waals surface area contributed by atoms with Crippen LogP contribution in [0.5, 0.6) is 0 Å². The number of nitrogens with one attached hydrogen (secondary N) is 1. The summed E-state index contributed by atoms with van der Waals surface area (Å²) in [7, 11) is 1.52. The summed E-state index contributed by atoms with van der Waals surface area (Å²) < 4.78 is 42.7. The molecular weight excluding hydrogens is 283 g/mol. The maximum atomic E-state index is 12.6. The van der Waals surface area contributed by atoms with Gasteiger partial charge in [0.2, 0.25) is 5.82 Å². The Labute approximate surface area is 114 Å². The Bertz CT molecular complexity index is 426. The third kappa shape index (κ3) is 4.83. The van der Waals surface area contributed by atoms with E-state index in [1.165, 1.54) is 13.2 Å². The van der Waals surface area contributed by atoms with E-state index in [-0.39, 0.29) is 22.9 Å². The highest BCUT2D eigenvalue weighted by atomic mass is 35.5. The van der Waals surface area contributed by atoms with Gasteiger partial charge in [0.15, 0.2) is 0 Å². The molecule has 108 valence electrons. The standard InChI is InChI=1S/C11H15ClF3N3O/c1-6(2)7(5-19-3)16-9-4-8(12)17-10(18-9)11(13,14)15/h4,6-7H,5H2,1-3H3,(H,16,17,18). The van der Waals surface area contributed by atoms with Crippen LogP contribution in [0.3, 0.4) is 0 Å². The Hall–Kier alpha value is -1.08. The summed E-state index contributed by atoms with van der Waals surface area (Å²) in [5, 5.41) is 2.61. The lowest BCUT2D eigenvalue weighted by molar-refractivity contribution is -0.144. The molecule has 1 N–H and O–H groups in total. The van der Waals surface area contributed by atoms with Gasteiger partial charge in [-0.15, -0.1) is 0 Å². The van der Waals surface area contributed by atoms with Crippen LogP contribution in [0.2, 0.25) is 5.15 Å². The van der Waals surface area contributed by atoms with Crippen LogP contribution in [0.4, 0.5) is 19.0 Å². The lowest BCUT2D eigenvalue weighted by Crippen LogP contribution is -2.31. The SMILES string of the molecule is COCC(Nc1cc(Cl)nc(C(F)(F)F)n1)C(C)C. The van der Waals surface area contributed by atoms with Gasteiger partial charge in [-0.2, -0.15) is 13.2 Å². The second-order valence-electron chi connectivity index (χ2n) is 4.35. The molecule has 0 fully saturated rings. The fraction of sp³-hybridized carbons (Fsp3) is 0.636. The topological polar surface area (TPSA) is 47.0 Å². The molecule has 0 aliphatic heterocycles. The monoisotopic (exact) mass is 297 g/mol. The van der Waals surface area contributed by atoms with Crippen LogP contribution in [-0.2, 0) is 10.9 Å². The van der Waals surface area contributed by atoms with E-state index < -0.39 is 12.0 Å².